The minimum atomic E-state index is -1.25. The number of rotatable bonds is 19. The lowest BCUT2D eigenvalue weighted by Crippen LogP contribution is -2.14. The van der Waals surface area contributed by atoms with E-state index >= 15 is 0 Å². The van der Waals surface area contributed by atoms with Gasteiger partial charge in [-0.25, -0.2) is 4.85 Å². The number of hydrogen-bond donors (Lipinski definition) is 1. The number of carboxylic acid groups (broad SMARTS) is 1. The van der Waals surface area contributed by atoms with E-state index in [0.29, 0.717) is 10.5 Å². The molecular weight excluding hydrogens is 1230 g/mol. The van der Waals surface area contributed by atoms with Gasteiger partial charge in [-0.15, -0.1) is 34.0 Å². The highest BCUT2D eigenvalue weighted by Crippen LogP contribution is 2.45. The van der Waals surface area contributed by atoms with Crippen molar-refractivity contribution in [1.29, 1.82) is 10.5 Å². The number of hydrogen-bond acceptors (Lipinski definition) is 12. The number of nitrogens with zero attached hydrogens (tertiary/aromatic N) is 7. The van der Waals surface area contributed by atoms with E-state index in [1.165, 1.54) is 23.5 Å². The van der Waals surface area contributed by atoms with Gasteiger partial charge in [-0.05, 0) is 261 Å². The van der Waals surface area contributed by atoms with Crippen molar-refractivity contribution in [3.05, 3.63) is 315 Å². The smallest absolute Gasteiger partial charge is 0.373 e. The van der Waals surface area contributed by atoms with Crippen molar-refractivity contribution >= 4 is 133 Å². The molecule has 9 aromatic carbocycles. The standard InChI is InChI=1S/C80H59N7O2S3.CO2/c1-54-10-6-13-70(48-54)85(61-23-17-58(18-24-61)77-44-41-73(90-77)16-9-47-81)67-35-29-64(30-36-67)84(65-31-37-68(38-32-65)86(71-14-7-11-55(2)49-71)62-25-19-59(20-26-62)78-45-42-74(91-78)51-57(4)53-82)66-33-39-69(40-34-66)87(72-15-8-12-56(3)50-72)63-27-21-60(22-28-63)79-46-43-75(92-79)52-76(83-5)80(88)89;2-1-3/h6-46,48-52H,1-4H3,(H,88,89);/b16-9-,57-51+,76-52+;. The predicted molar refractivity (Wildman–Crippen MR) is 390 cm³/mol. The Balaban J connectivity index is 0.00000301. The molecule has 0 amide bonds. The van der Waals surface area contributed by atoms with E-state index in [4.69, 9.17) is 21.4 Å². The van der Waals surface area contributed by atoms with E-state index in [1.807, 2.05) is 37.3 Å². The van der Waals surface area contributed by atoms with Crippen LogP contribution in [-0.4, -0.2) is 17.2 Å². The Labute approximate surface area is 564 Å². The zero-order chi connectivity index (χ0) is 66.4. The Hall–Kier alpha value is -12.2. The lowest BCUT2D eigenvalue weighted by molar-refractivity contribution is -0.191. The molecule has 12 aromatic rings. The molecule has 0 spiro atoms. The zero-order valence-corrected chi connectivity index (χ0v) is 54.5. The Kier molecular flexibility index (Phi) is 20.2. The number of anilines is 12. The van der Waals surface area contributed by atoms with Gasteiger partial charge in [-0.2, -0.15) is 20.1 Å². The van der Waals surface area contributed by atoms with Gasteiger partial charge in [0.25, 0.3) is 5.70 Å². The highest BCUT2D eigenvalue weighted by molar-refractivity contribution is 7.17. The molecule has 0 aliphatic heterocycles. The van der Waals surface area contributed by atoms with Crippen molar-refractivity contribution in [3.8, 4) is 43.5 Å². The largest absolute Gasteiger partial charge is 0.486 e. The van der Waals surface area contributed by atoms with Crippen molar-refractivity contribution < 1.29 is 19.5 Å². The number of aryl methyl sites for hydroxylation is 3. The molecule has 0 saturated heterocycles. The third-order valence-electron chi connectivity index (χ3n) is 15.5. The maximum Gasteiger partial charge on any atom is 0.373 e. The summed E-state index contributed by atoms with van der Waals surface area (Å²) < 4.78 is 0. The minimum absolute atomic E-state index is 0.250. The van der Waals surface area contributed by atoms with Gasteiger partial charge in [0.15, 0.2) is 0 Å². The topological polar surface area (TPSA) is 136 Å². The monoisotopic (exact) mass is 1290 g/mol. The van der Waals surface area contributed by atoms with Crippen LogP contribution in [0.2, 0.25) is 0 Å². The van der Waals surface area contributed by atoms with Gasteiger partial charge < -0.3 is 24.7 Å². The summed E-state index contributed by atoms with van der Waals surface area (Å²) in [5.41, 5.74) is 18.8. The molecule has 12 rings (SSSR count). The van der Waals surface area contributed by atoms with Crippen LogP contribution in [0.3, 0.4) is 0 Å². The first kappa shape index (κ1) is 64.4. The maximum absolute atomic E-state index is 11.6. The molecule has 0 saturated carbocycles. The summed E-state index contributed by atoms with van der Waals surface area (Å²) in [4.78, 5) is 46.2. The van der Waals surface area contributed by atoms with Crippen LogP contribution in [-0.2, 0) is 14.4 Å². The van der Waals surface area contributed by atoms with Gasteiger partial charge in [0, 0.05) is 109 Å². The van der Waals surface area contributed by atoms with Crippen molar-refractivity contribution in [2.24, 2.45) is 0 Å². The van der Waals surface area contributed by atoms with Crippen LogP contribution >= 0.6 is 34.0 Å². The highest BCUT2D eigenvalue weighted by atomic mass is 32.1. The van der Waals surface area contributed by atoms with Crippen LogP contribution in [0.25, 0.3) is 54.4 Å². The summed E-state index contributed by atoms with van der Waals surface area (Å²) in [5, 5.41) is 28.0. The molecule has 0 atom stereocenters. The first-order valence-electron chi connectivity index (χ1n) is 30.1. The normalized spacial score (nSPS) is 11.1. The molecule has 0 bridgehead atoms. The van der Waals surface area contributed by atoms with Crippen molar-refractivity contribution in [2.45, 2.75) is 27.7 Å². The number of benzene rings is 9. The van der Waals surface area contributed by atoms with E-state index in [-0.39, 0.29) is 11.8 Å². The average molecular weight is 1290 g/mol. The third-order valence-corrected chi connectivity index (χ3v) is 18.7. The molecule has 3 heterocycles. The van der Waals surface area contributed by atoms with Gasteiger partial charge in [0.05, 0.1) is 18.7 Å². The minimum Gasteiger partial charge on any atom is -0.486 e. The molecule has 0 aliphatic carbocycles. The fraction of sp³-hybridized carbons (Fsp3) is 0.0494. The summed E-state index contributed by atoms with van der Waals surface area (Å²) in [5.74, 6) is -1.25. The second-order valence-corrected chi connectivity index (χ2v) is 25.4. The lowest BCUT2D eigenvalue weighted by atomic mass is 10.1. The molecule has 0 aliphatic rings. The summed E-state index contributed by atoms with van der Waals surface area (Å²) in [6, 6.07) is 94.0. The molecule has 1 N–H and O–H groups in total. The maximum atomic E-state index is 11.6. The van der Waals surface area contributed by atoms with E-state index in [0.717, 1.165) is 126 Å². The van der Waals surface area contributed by atoms with Crippen LogP contribution in [0.1, 0.15) is 38.2 Å². The van der Waals surface area contributed by atoms with Crippen LogP contribution in [0.5, 0.6) is 0 Å². The highest BCUT2D eigenvalue weighted by Gasteiger charge is 2.21. The van der Waals surface area contributed by atoms with E-state index in [1.54, 1.807) is 22.7 Å². The second-order valence-electron chi connectivity index (χ2n) is 22.1. The number of allylic oxidation sites excluding steroid dienone is 2. The molecule has 0 radical (unpaired) electrons. The molecule has 3 aromatic heterocycles. The van der Waals surface area contributed by atoms with E-state index < -0.39 is 5.97 Å². The van der Waals surface area contributed by atoms with Crippen LogP contribution < -0.4 is 19.6 Å². The number of nitriles is 2. The molecule has 14 heteroatoms. The summed E-state index contributed by atoms with van der Waals surface area (Å²) >= 11 is 4.76. The van der Waals surface area contributed by atoms with E-state index in [2.05, 4.69) is 294 Å². The molecule has 11 nitrogen and oxygen atoms in total. The number of carboxylic acids is 1. The fourth-order valence-corrected chi connectivity index (χ4v) is 14.0. The van der Waals surface area contributed by atoms with Crippen LogP contribution in [0.4, 0.5) is 68.2 Å². The number of thiophene rings is 3. The van der Waals surface area contributed by atoms with Gasteiger partial charge >= 0.3 is 12.1 Å². The summed E-state index contributed by atoms with van der Waals surface area (Å²) in [6.07, 6.45) is 6.94. The average Bonchev–Trinajstić information content (AvgIpc) is 1.41. The number of aliphatic carboxylic acids is 1. The summed E-state index contributed by atoms with van der Waals surface area (Å²) in [7, 11) is 0. The Morgan fingerprint density at radius 1 is 0.421 bits per heavy atom. The fourth-order valence-electron chi connectivity index (χ4n) is 11.1. The first-order valence-corrected chi connectivity index (χ1v) is 32.5. The van der Waals surface area contributed by atoms with Crippen molar-refractivity contribution in [1.82, 2.24) is 0 Å². The predicted octanol–water partition coefficient (Wildman–Crippen LogP) is 22.9. The van der Waals surface area contributed by atoms with E-state index in [9.17, 15) is 15.2 Å². The SMILES string of the molecule is O=C=O.[C-]#[N+]/C(=C/c1ccc(-c2ccc(N(c3ccc(N(c4ccc(N(c5ccc(-c6ccc(/C=C\C#N)s6)cc5)c5cccc(C)c5)cc4)c4ccc(N(c5ccc(-c6ccc(/C=C(\C)C#N)s6)cc5)c5cccc(C)c5)cc4)cc3)c3cccc(C)c3)cc2)s1)C(=O)O. The molecule has 0 fully saturated rings. The van der Waals surface area contributed by atoms with Crippen LogP contribution in [0, 0.1) is 50.0 Å². The van der Waals surface area contributed by atoms with Gasteiger partial charge in [-0.3, -0.25) is 4.79 Å². The second kappa shape index (κ2) is 29.8. The van der Waals surface area contributed by atoms with Gasteiger partial charge in [0.1, 0.15) is 0 Å². The lowest BCUT2D eigenvalue weighted by Gasteiger charge is -2.30. The summed E-state index contributed by atoms with van der Waals surface area (Å²) in [6.45, 7) is 15.5. The third kappa shape index (κ3) is 15.3. The zero-order valence-electron chi connectivity index (χ0n) is 52.1. The van der Waals surface area contributed by atoms with Crippen molar-refractivity contribution in [2.75, 3.05) is 19.6 Å². The van der Waals surface area contributed by atoms with Crippen LogP contribution in [0.15, 0.2) is 272 Å². The number of carbonyl (C=O) groups excluding carboxylic acids is 2. The van der Waals surface area contributed by atoms with Gasteiger partial charge in [-0.1, -0.05) is 72.8 Å². The molecule has 460 valence electrons. The molecular formula is C81H59N7O4S3. The molecule has 0 unspecified atom stereocenters. The first-order chi connectivity index (χ1) is 46.3. The number of carbonyl (C=O) groups is 1. The Bertz CT molecular complexity index is 4980. The van der Waals surface area contributed by atoms with Gasteiger partial charge in [0.2, 0.25) is 0 Å². The van der Waals surface area contributed by atoms with Crippen molar-refractivity contribution in [3.63, 3.8) is 0 Å². The molecule has 95 heavy (non-hydrogen) atoms. The quantitative estimate of drug-likeness (QED) is 0.0473. The Morgan fingerprint density at radius 2 is 0.705 bits per heavy atom. The Morgan fingerprint density at radius 3 is 0.989 bits per heavy atom.